The second-order valence-corrected chi connectivity index (χ2v) is 4.97. The molecule has 1 amide bonds. The number of halogens is 1. The molecule has 0 saturated heterocycles. The number of carbonyl (C=O) groups excluding carboxylic acids is 1. The summed E-state index contributed by atoms with van der Waals surface area (Å²) in [5, 5.41) is 11.6. The third kappa shape index (κ3) is 2.69. The minimum absolute atomic E-state index is 0.0828. The molecular formula is C11H12BrNO4. The van der Waals surface area contributed by atoms with E-state index in [-0.39, 0.29) is 23.6 Å². The zero-order valence-corrected chi connectivity index (χ0v) is 10.6. The molecule has 1 aliphatic rings. The van der Waals surface area contributed by atoms with Gasteiger partial charge in [0, 0.05) is 6.04 Å². The van der Waals surface area contributed by atoms with Gasteiger partial charge in [-0.3, -0.25) is 9.59 Å². The number of nitrogens with one attached hydrogen (secondary N) is 1. The normalized spacial score (nSPS) is 23.6. The van der Waals surface area contributed by atoms with Gasteiger partial charge in [-0.15, -0.1) is 0 Å². The number of hydrogen-bond donors (Lipinski definition) is 2. The van der Waals surface area contributed by atoms with Crippen LogP contribution in [0.1, 0.15) is 29.8 Å². The minimum atomic E-state index is -0.791. The van der Waals surface area contributed by atoms with Crippen molar-refractivity contribution in [1.29, 1.82) is 0 Å². The molecule has 2 rings (SSSR count). The van der Waals surface area contributed by atoms with Crippen LogP contribution < -0.4 is 5.32 Å². The average molecular weight is 302 g/mol. The van der Waals surface area contributed by atoms with E-state index in [1.807, 2.05) is 0 Å². The molecule has 0 spiro atoms. The van der Waals surface area contributed by atoms with Crippen molar-refractivity contribution in [3.8, 4) is 0 Å². The lowest BCUT2D eigenvalue weighted by atomic mass is 10.1. The van der Waals surface area contributed by atoms with E-state index in [1.54, 1.807) is 6.07 Å². The van der Waals surface area contributed by atoms with E-state index in [9.17, 15) is 9.59 Å². The van der Waals surface area contributed by atoms with Crippen LogP contribution in [0.15, 0.2) is 21.2 Å². The summed E-state index contributed by atoms with van der Waals surface area (Å²) in [6, 6.07) is 1.56. The van der Waals surface area contributed by atoms with Crippen LogP contribution in [0, 0.1) is 5.92 Å². The fourth-order valence-electron chi connectivity index (χ4n) is 2.04. The fourth-order valence-corrected chi connectivity index (χ4v) is 2.43. The number of hydrogen-bond acceptors (Lipinski definition) is 3. The average Bonchev–Trinajstić information content (AvgIpc) is 2.86. The molecule has 1 aliphatic carbocycles. The van der Waals surface area contributed by atoms with E-state index in [2.05, 4.69) is 21.2 Å². The highest BCUT2D eigenvalue weighted by Gasteiger charge is 2.31. The Morgan fingerprint density at radius 1 is 1.47 bits per heavy atom. The molecule has 1 aromatic rings. The van der Waals surface area contributed by atoms with Gasteiger partial charge < -0.3 is 14.8 Å². The maximum atomic E-state index is 11.8. The van der Waals surface area contributed by atoms with Crippen LogP contribution in [0.2, 0.25) is 0 Å². The van der Waals surface area contributed by atoms with Gasteiger partial charge in [0.1, 0.15) is 0 Å². The van der Waals surface area contributed by atoms with Gasteiger partial charge in [0.15, 0.2) is 0 Å². The quantitative estimate of drug-likeness (QED) is 0.895. The second-order valence-electron chi connectivity index (χ2n) is 4.12. The van der Waals surface area contributed by atoms with Crippen LogP contribution >= 0.6 is 15.9 Å². The number of rotatable bonds is 3. The molecule has 1 aromatic heterocycles. The zero-order valence-electron chi connectivity index (χ0n) is 8.98. The summed E-state index contributed by atoms with van der Waals surface area (Å²) in [6.45, 7) is 0. The molecule has 2 atom stereocenters. The van der Waals surface area contributed by atoms with Gasteiger partial charge in [-0.25, -0.2) is 0 Å². The smallest absolute Gasteiger partial charge is 0.306 e. The molecular weight excluding hydrogens is 290 g/mol. The van der Waals surface area contributed by atoms with Gasteiger partial charge in [-0.05, 0) is 41.3 Å². The summed E-state index contributed by atoms with van der Waals surface area (Å²) in [5.74, 6) is -1.22. The van der Waals surface area contributed by atoms with E-state index in [0.29, 0.717) is 23.7 Å². The van der Waals surface area contributed by atoms with Crippen LogP contribution in [0.3, 0.4) is 0 Å². The summed E-state index contributed by atoms with van der Waals surface area (Å²) in [5.41, 5.74) is 0. The van der Waals surface area contributed by atoms with Crippen molar-refractivity contribution in [3.05, 3.63) is 22.6 Å². The summed E-state index contributed by atoms with van der Waals surface area (Å²) < 4.78 is 5.64. The minimum Gasteiger partial charge on any atom is -0.481 e. The lowest BCUT2D eigenvalue weighted by molar-refractivity contribution is -0.141. The number of furan rings is 1. The maximum Gasteiger partial charge on any atom is 0.306 e. The van der Waals surface area contributed by atoms with Crippen LogP contribution in [0.25, 0.3) is 0 Å². The highest BCUT2D eigenvalue weighted by atomic mass is 79.9. The molecule has 1 fully saturated rings. The Bertz CT molecular complexity index is 442. The molecule has 0 unspecified atom stereocenters. The predicted octanol–water partition coefficient (Wildman–Crippen LogP) is 2.03. The lowest BCUT2D eigenvalue weighted by Crippen LogP contribution is -2.33. The first kappa shape index (κ1) is 12.2. The van der Waals surface area contributed by atoms with Crippen molar-refractivity contribution in [1.82, 2.24) is 5.32 Å². The molecule has 0 aromatic carbocycles. The van der Waals surface area contributed by atoms with Crippen LogP contribution in [-0.2, 0) is 4.79 Å². The molecule has 0 aliphatic heterocycles. The van der Waals surface area contributed by atoms with Crippen molar-refractivity contribution < 1.29 is 19.1 Å². The Kier molecular flexibility index (Phi) is 3.51. The van der Waals surface area contributed by atoms with Gasteiger partial charge in [0.25, 0.3) is 5.91 Å². The largest absolute Gasteiger partial charge is 0.481 e. The number of carboxylic acid groups (broad SMARTS) is 1. The first-order chi connectivity index (χ1) is 8.08. The predicted molar refractivity (Wildman–Crippen MR) is 62.6 cm³/mol. The Morgan fingerprint density at radius 2 is 2.24 bits per heavy atom. The topological polar surface area (TPSA) is 79.5 Å². The van der Waals surface area contributed by atoms with Crippen molar-refractivity contribution in [2.75, 3.05) is 0 Å². The standard InChI is InChI=1S/C11H12BrNO4/c12-8-3-4-17-9(8)10(14)13-7-2-1-6(5-7)11(15)16/h3-4,6-7H,1-2,5H2,(H,13,14)(H,15,16)/t6-,7+/m1/s1. The first-order valence-electron chi connectivity index (χ1n) is 5.34. The summed E-state index contributed by atoms with van der Waals surface area (Å²) in [6.07, 6.45) is 3.22. The van der Waals surface area contributed by atoms with Crippen LogP contribution in [-0.4, -0.2) is 23.0 Å². The highest BCUT2D eigenvalue weighted by Crippen LogP contribution is 2.26. The lowest BCUT2D eigenvalue weighted by Gasteiger charge is -2.11. The Hall–Kier alpha value is -1.30. The van der Waals surface area contributed by atoms with Gasteiger partial charge >= 0.3 is 5.97 Å². The van der Waals surface area contributed by atoms with Gasteiger partial charge in [0.05, 0.1) is 16.7 Å². The van der Waals surface area contributed by atoms with Crippen molar-refractivity contribution >= 4 is 27.8 Å². The van der Waals surface area contributed by atoms with Gasteiger partial charge in [-0.2, -0.15) is 0 Å². The Morgan fingerprint density at radius 3 is 2.76 bits per heavy atom. The van der Waals surface area contributed by atoms with Crippen molar-refractivity contribution in [3.63, 3.8) is 0 Å². The van der Waals surface area contributed by atoms with Crippen LogP contribution in [0.4, 0.5) is 0 Å². The van der Waals surface area contributed by atoms with Gasteiger partial charge in [0.2, 0.25) is 5.76 Å². The molecule has 17 heavy (non-hydrogen) atoms. The Balaban J connectivity index is 1.93. The van der Waals surface area contributed by atoms with E-state index >= 15 is 0 Å². The number of carbonyl (C=O) groups is 2. The van der Waals surface area contributed by atoms with Crippen molar-refractivity contribution in [2.45, 2.75) is 25.3 Å². The third-order valence-electron chi connectivity index (χ3n) is 2.94. The summed E-state index contributed by atoms with van der Waals surface area (Å²) in [7, 11) is 0. The molecule has 1 heterocycles. The second kappa shape index (κ2) is 4.91. The summed E-state index contributed by atoms with van der Waals surface area (Å²) in [4.78, 5) is 22.6. The molecule has 92 valence electrons. The monoisotopic (exact) mass is 301 g/mol. The SMILES string of the molecule is O=C(N[C@H]1CC[C@@H](C(=O)O)C1)c1occc1Br. The Labute approximate surface area is 106 Å². The molecule has 0 bridgehead atoms. The van der Waals surface area contributed by atoms with E-state index in [4.69, 9.17) is 9.52 Å². The highest BCUT2D eigenvalue weighted by molar-refractivity contribution is 9.10. The van der Waals surface area contributed by atoms with Crippen LogP contribution in [0.5, 0.6) is 0 Å². The first-order valence-corrected chi connectivity index (χ1v) is 6.14. The van der Waals surface area contributed by atoms with E-state index < -0.39 is 5.97 Å². The van der Waals surface area contributed by atoms with E-state index in [1.165, 1.54) is 6.26 Å². The molecule has 1 saturated carbocycles. The molecule has 5 nitrogen and oxygen atoms in total. The molecule has 2 N–H and O–H groups in total. The number of aliphatic carboxylic acids is 1. The van der Waals surface area contributed by atoms with E-state index in [0.717, 1.165) is 0 Å². The fraction of sp³-hybridized carbons (Fsp3) is 0.455. The van der Waals surface area contributed by atoms with Gasteiger partial charge in [-0.1, -0.05) is 0 Å². The van der Waals surface area contributed by atoms with Crippen molar-refractivity contribution in [2.24, 2.45) is 5.92 Å². The number of carboxylic acids is 1. The molecule has 0 radical (unpaired) electrons. The summed E-state index contributed by atoms with van der Waals surface area (Å²) >= 11 is 3.20. The molecule has 6 heteroatoms. The number of amides is 1. The zero-order chi connectivity index (χ0) is 12.4. The maximum absolute atomic E-state index is 11.8. The third-order valence-corrected chi connectivity index (χ3v) is 3.56.